The van der Waals surface area contributed by atoms with Crippen LogP contribution in [0.4, 0.5) is 5.82 Å². The maximum Gasteiger partial charge on any atom is 0.347 e. The van der Waals surface area contributed by atoms with Crippen LogP contribution in [-0.2, 0) is 13.6 Å². The first-order chi connectivity index (χ1) is 12.5. The van der Waals surface area contributed by atoms with Crippen molar-refractivity contribution in [3.63, 3.8) is 0 Å². The molecule has 26 heavy (non-hydrogen) atoms. The van der Waals surface area contributed by atoms with Crippen LogP contribution in [0.1, 0.15) is 31.0 Å². The van der Waals surface area contributed by atoms with Crippen molar-refractivity contribution in [3.05, 3.63) is 46.5 Å². The fourth-order valence-electron chi connectivity index (χ4n) is 4.16. The summed E-state index contributed by atoms with van der Waals surface area (Å²) in [6.07, 6.45) is 5.29. The lowest BCUT2D eigenvalue weighted by atomic mass is 10.0. The summed E-state index contributed by atoms with van der Waals surface area (Å²) >= 11 is 0. The number of fused-ring (bicyclic) bond motifs is 1. The monoisotopic (exact) mass is 354 g/mol. The molecule has 0 aromatic carbocycles. The topological polar surface area (TPSA) is 67.2 Å². The molecule has 0 saturated carbocycles. The number of aryl methyl sites for hydroxylation is 1. The van der Waals surface area contributed by atoms with Crippen molar-refractivity contribution < 1.29 is 0 Å². The highest BCUT2D eigenvalue weighted by Gasteiger charge is 2.40. The molecule has 2 unspecified atom stereocenters. The first-order valence-electron chi connectivity index (χ1n) is 9.30. The molecule has 7 nitrogen and oxygen atoms in total. The zero-order chi connectivity index (χ0) is 18.3. The van der Waals surface area contributed by atoms with E-state index >= 15 is 0 Å². The second-order valence-electron chi connectivity index (χ2n) is 7.93. The molecule has 2 aromatic rings. The highest BCUT2D eigenvalue weighted by Crippen LogP contribution is 2.34. The number of anilines is 1. The van der Waals surface area contributed by atoms with Crippen LogP contribution >= 0.6 is 0 Å². The molecule has 2 atom stereocenters. The highest BCUT2D eigenvalue weighted by molar-refractivity contribution is 5.41. The molecule has 4 heterocycles. The van der Waals surface area contributed by atoms with Gasteiger partial charge in [-0.2, -0.15) is 0 Å². The van der Waals surface area contributed by atoms with Crippen LogP contribution in [0.25, 0.3) is 0 Å². The molecule has 2 aromatic heterocycles. The van der Waals surface area contributed by atoms with Crippen molar-refractivity contribution in [3.8, 4) is 0 Å². The fraction of sp³-hybridized carbons (Fsp3) is 0.579. The van der Waals surface area contributed by atoms with Crippen LogP contribution in [0.2, 0.25) is 0 Å². The maximum atomic E-state index is 11.4. The van der Waals surface area contributed by atoms with Crippen LogP contribution in [-0.4, -0.2) is 50.6 Å². The molecular weight excluding hydrogens is 328 g/mol. The predicted octanol–water partition coefficient (Wildman–Crippen LogP) is 1.26. The molecule has 2 aliphatic heterocycles. The summed E-state index contributed by atoms with van der Waals surface area (Å²) in [5, 5.41) is 0. The van der Waals surface area contributed by atoms with Gasteiger partial charge in [0.25, 0.3) is 0 Å². The molecular formula is C19H26N6O. The Balaban J connectivity index is 1.39. The van der Waals surface area contributed by atoms with Gasteiger partial charge in [-0.05, 0) is 17.8 Å². The van der Waals surface area contributed by atoms with Crippen molar-refractivity contribution in [2.75, 3.05) is 31.1 Å². The predicted molar refractivity (Wildman–Crippen MR) is 100 cm³/mol. The minimum Gasteiger partial charge on any atom is -0.356 e. The third-order valence-electron chi connectivity index (χ3n) is 5.56. The molecule has 0 bridgehead atoms. The lowest BCUT2D eigenvalue weighted by molar-refractivity contribution is 0.307. The van der Waals surface area contributed by atoms with Crippen LogP contribution in [0.15, 0.2) is 29.6 Å². The number of hydrogen-bond donors (Lipinski definition) is 0. The summed E-state index contributed by atoms with van der Waals surface area (Å²) in [7, 11) is 1.75. The minimum atomic E-state index is -0.201. The van der Waals surface area contributed by atoms with Crippen molar-refractivity contribution in [1.82, 2.24) is 24.4 Å². The third-order valence-corrected chi connectivity index (χ3v) is 5.56. The maximum absolute atomic E-state index is 11.4. The SMILES string of the molecule is CC(C)c1cc(N2CC3CN(Cc4cnc(=O)n(C)c4)CC3C2)ncn1. The number of nitrogens with zero attached hydrogens (tertiary/aromatic N) is 6. The lowest BCUT2D eigenvalue weighted by Gasteiger charge is -2.22. The number of rotatable bonds is 4. The average molecular weight is 354 g/mol. The molecule has 2 aliphatic rings. The van der Waals surface area contributed by atoms with Crippen molar-refractivity contribution >= 4 is 5.82 Å². The zero-order valence-electron chi connectivity index (χ0n) is 15.7. The number of aromatic nitrogens is 4. The molecule has 0 N–H and O–H groups in total. The largest absolute Gasteiger partial charge is 0.356 e. The first kappa shape index (κ1) is 17.1. The van der Waals surface area contributed by atoms with Gasteiger partial charge in [-0.15, -0.1) is 0 Å². The molecule has 138 valence electrons. The summed E-state index contributed by atoms with van der Waals surface area (Å²) in [4.78, 5) is 29.1. The summed E-state index contributed by atoms with van der Waals surface area (Å²) in [5.41, 5.74) is 2.01. The van der Waals surface area contributed by atoms with Crippen LogP contribution in [0.3, 0.4) is 0 Å². The van der Waals surface area contributed by atoms with E-state index in [0.29, 0.717) is 17.8 Å². The molecule has 7 heteroatoms. The standard InChI is InChI=1S/C19H26N6O/c1-13(2)17-4-18(22-12-21-17)25-10-15-8-24(9-16(15)11-25)7-14-5-20-19(26)23(3)6-14/h4-6,12-13,15-16H,7-11H2,1-3H3. The quantitative estimate of drug-likeness (QED) is 0.824. The Kier molecular flexibility index (Phi) is 4.48. The Morgan fingerprint density at radius 3 is 2.50 bits per heavy atom. The van der Waals surface area contributed by atoms with Gasteiger partial charge < -0.3 is 9.47 Å². The second kappa shape index (κ2) is 6.79. The molecule has 0 aliphatic carbocycles. The summed E-state index contributed by atoms with van der Waals surface area (Å²) in [6, 6.07) is 2.14. The molecule has 0 spiro atoms. The third kappa shape index (κ3) is 3.35. The number of hydrogen-bond acceptors (Lipinski definition) is 6. The van der Waals surface area contributed by atoms with Gasteiger partial charge in [-0.3, -0.25) is 4.90 Å². The molecule has 2 fully saturated rings. The van der Waals surface area contributed by atoms with Crippen LogP contribution < -0.4 is 10.6 Å². The summed E-state index contributed by atoms with van der Waals surface area (Å²) in [5.74, 6) is 2.83. The van der Waals surface area contributed by atoms with E-state index in [1.807, 2.05) is 6.20 Å². The van der Waals surface area contributed by atoms with Gasteiger partial charge in [0, 0.05) is 69.5 Å². The van der Waals surface area contributed by atoms with Gasteiger partial charge in [0.15, 0.2) is 0 Å². The van der Waals surface area contributed by atoms with Crippen molar-refractivity contribution in [2.45, 2.75) is 26.3 Å². The van der Waals surface area contributed by atoms with Gasteiger partial charge in [0.1, 0.15) is 12.1 Å². The average Bonchev–Trinajstić information content (AvgIpc) is 3.17. The first-order valence-corrected chi connectivity index (χ1v) is 9.30. The van der Waals surface area contributed by atoms with Gasteiger partial charge in [0.2, 0.25) is 0 Å². The van der Waals surface area contributed by atoms with Crippen LogP contribution in [0, 0.1) is 11.8 Å². The Hall–Kier alpha value is -2.28. The Morgan fingerprint density at radius 2 is 1.85 bits per heavy atom. The van der Waals surface area contributed by atoms with Crippen LogP contribution in [0.5, 0.6) is 0 Å². The van der Waals surface area contributed by atoms with E-state index in [9.17, 15) is 4.79 Å². The van der Waals surface area contributed by atoms with Gasteiger partial charge in [-0.1, -0.05) is 13.8 Å². The lowest BCUT2D eigenvalue weighted by Crippen LogP contribution is -2.30. The van der Waals surface area contributed by atoms with E-state index in [4.69, 9.17) is 0 Å². The van der Waals surface area contributed by atoms with Gasteiger partial charge in [0.05, 0.1) is 0 Å². The van der Waals surface area contributed by atoms with E-state index in [2.05, 4.69) is 44.7 Å². The minimum absolute atomic E-state index is 0.201. The van der Waals surface area contributed by atoms with Crippen molar-refractivity contribution in [1.29, 1.82) is 0 Å². The summed E-state index contributed by atoms with van der Waals surface area (Å²) < 4.78 is 1.55. The van der Waals surface area contributed by atoms with Gasteiger partial charge in [-0.25, -0.2) is 19.7 Å². The molecule has 2 saturated heterocycles. The molecule has 0 amide bonds. The Bertz CT molecular complexity index is 834. The number of likely N-dealkylation sites (tertiary alicyclic amines) is 1. The van der Waals surface area contributed by atoms with E-state index in [0.717, 1.165) is 49.8 Å². The van der Waals surface area contributed by atoms with E-state index < -0.39 is 0 Å². The normalized spacial score (nSPS) is 23.0. The second-order valence-corrected chi connectivity index (χ2v) is 7.93. The summed E-state index contributed by atoms with van der Waals surface area (Å²) in [6.45, 7) is 9.48. The highest BCUT2D eigenvalue weighted by atomic mass is 16.1. The Morgan fingerprint density at radius 1 is 1.12 bits per heavy atom. The van der Waals surface area contributed by atoms with Crippen molar-refractivity contribution in [2.24, 2.45) is 18.9 Å². The molecule has 0 radical (unpaired) electrons. The fourth-order valence-corrected chi connectivity index (χ4v) is 4.16. The van der Waals surface area contributed by atoms with E-state index in [1.165, 1.54) is 0 Å². The Labute approximate surface area is 153 Å². The van der Waals surface area contributed by atoms with E-state index in [-0.39, 0.29) is 5.69 Å². The smallest absolute Gasteiger partial charge is 0.347 e. The molecule has 4 rings (SSSR count). The zero-order valence-corrected chi connectivity index (χ0v) is 15.7. The van der Waals surface area contributed by atoms with E-state index in [1.54, 1.807) is 24.1 Å². The van der Waals surface area contributed by atoms with Gasteiger partial charge >= 0.3 is 5.69 Å².